The Kier molecular flexibility index (Phi) is 8.78. The van der Waals surface area contributed by atoms with Crippen molar-refractivity contribution in [3.63, 3.8) is 0 Å². The number of rotatable bonds is 6. The Balaban J connectivity index is 0.00000288. The fourth-order valence-corrected chi connectivity index (χ4v) is 2.32. The van der Waals surface area contributed by atoms with Gasteiger partial charge in [-0.2, -0.15) is 0 Å². The van der Waals surface area contributed by atoms with Gasteiger partial charge in [0.1, 0.15) is 0 Å². The first-order valence-corrected chi connectivity index (χ1v) is 7.93. The lowest BCUT2D eigenvalue weighted by Crippen LogP contribution is -2.25. The number of nitrogens with zero attached hydrogens (tertiary/aromatic N) is 1. The maximum Gasteiger partial charge on any atom is 0.193 e. The molecule has 0 radical (unpaired) electrons. The second kappa shape index (κ2) is 10.3. The number of hydrogen-bond acceptors (Lipinski definition) is 2. The second-order valence-electron chi connectivity index (χ2n) is 5.97. The van der Waals surface area contributed by atoms with Crippen molar-refractivity contribution in [1.29, 1.82) is 0 Å². The number of guanidine groups is 1. The van der Waals surface area contributed by atoms with E-state index in [1.54, 1.807) is 0 Å². The average molecular weight is 439 g/mol. The minimum Gasteiger partial charge on any atom is -0.391 e. The standard InChI is InChI=1S/C19H25N3O.HI/c1-14(2)16-9-6-10-17(12-16)22-19(20)21-13-18(23)11-15-7-4-3-5-8-15;/h3-10,12,14,18,23H,11,13H2,1-2H3,(H3,20,21,22);1H. The highest BCUT2D eigenvalue weighted by atomic mass is 127. The number of benzene rings is 2. The lowest BCUT2D eigenvalue weighted by atomic mass is 10.0. The Labute approximate surface area is 161 Å². The summed E-state index contributed by atoms with van der Waals surface area (Å²) in [7, 11) is 0. The molecule has 2 rings (SSSR count). The number of nitrogens with one attached hydrogen (secondary N) is 1. The molecular weight excluding hydrogens is 413 g/mol. The van der Waals surface area contributed by atoms with Crippen LogP contribution >= 0.6 is 24.0 Å². The van der Waals surface area contributed by atoms with Crippen molar-refractivity contribution in [1.82, 2.24) is 0 Å². The highest BCUT2D eigenvalue weighted by Crippen LogP contribution is 2.18. The smallest absolute Gasteiger partial charge is 0.193 e. The lowest BCUT2D eigenvalue weighted by Gasteiger charge is -2.11. The Hall–Kier alpha value is -1.60. The van der Waals surface area contributed by atoms with Crippen LogP contribution in [-0.2, 0) is 6.42 Å². The molecule has 0 spiro atoms. The summed E-state index contributed by atoms with van der Waals surface area (Å²) in [4.78, 5) is 4.22. The maximum absolute atomic E-state index is 10.0. The summed E-state index contributed by atoms with van der Waals surface area (Å²) in [6, 6.07) is 18.0. The molecule has 130 valence electrons. The Bertz CT molecular complexity index is 644. The van der Waals surface area contributed by atoms with Gasteiger partial charge in [0.05, 0.1) is 12.6 Å². The topological polar surface area (TPSA) is 70.6 Å². The molecule has 1 unspecified atom stereocenters. The van der Waals surface area contributed by atoms with E-state index in [4.69, 9.17) is 5.73 Å². The fraction of sp³-hybridized carbons (Fsp3) is 0.316. The van der Waals surface area contributed by atoms with Crippen LogP contribution in [0.5, 0.6) is 0 Å². The van der Waals surface area contributed by atoms with E-state index in [0.717, 1.165) is 11.3 Å². The predicted octanol–water partition coefficient (Wildman–Crippen LogP) is 3.76. The minimum absolute atomic E-state index is 0. The van der Waals surface area contributed by atoms with E-state index in [1.165, 1.54) is 5.56 Å². The summed E-state index contributed by atoms with van der Waals surface area (Å²) in [5.41, 5.74) is 9.15. The molecule has 1 atom stereocenters. The molecule has 0 heterocycles. The number of anilines is 1. The molecule has 0 amide bonds. The third-order valence-corrected chi connectivity index (χ3v) is 3.61. The molecule has 0 saturated heterocycles. The van der Waals surface area contributed by atoms with Crippen LogP contribution < -0.4 is 11.1 Å². The van der Waals surface area contributed by atoms with Gasteiger partial charge in [0.2, 0.25) is 0 Å². The first kappa shape index (κ1) is 20.4. The first-order chi connectivity index (χ1) is 11.0. The van der Waals surface area contributed by atoms with Gasteiger partial charge in [0.15, 0.2) is 5.96 Å². The van der Waals surface area contributed by atoms with Crippen LogP contribution in [0.1, 0.15) is 30.9 Å². The molecule has 4 nitrogen and oxygen atoms in total. The minimum atomic E-state index is -0.542. The molecule has 0 saturated carbocycles. The molecule has 5 heteroatoms. The number of aliphatic imine (C=N–C) groups is 1. The van der Waals surface area contributed by atoms with Crippen LogP contribution in [0, 0.1) is 0 Å². The number of halogens is 1. The number of aliphatic hydroxyl groups excluding tert-OH is 1. The van der Waals surface area contributed by atoms with Crippen molar-refractivity contribution >= 4 is 35.6 Å². The van der Waals surface area contributed by atoms with Crippen LogP contribution in [0.2, 0.25) is 0 Å². The average Bonchev–Trinajstić information content (AvgIpc) is 2.54. The van der Waals surface area contributed by atoms with E-state index < -0.39 is 6.10 Å². The Morgan fingerprint density at radius 3 is 2.50 bits per heavy atom. The fourth-order valence-electron chi connectivity index (χ4n) is 2.32. The molecule has 2 aromatic rings. The van der Waals surface area contributed by atoms with E-state index in [2.05, 4.69) is 36.3 Å². The summed E-state index contributed by atoms with van der Waals surface area (Å²) < 4.78 is 0. The van der Waals surface area contributed by atoms with Crippen molar-refractivity contribution in [3.05, 3.63) is 65.7 Å². The van der Waals surface area contributed by atoms with Crippen LogP contribution in [-0.4, -0.2) is 23.7 Å². The van der Waals surface area contributed by atoms with E-state index in [-0.39, 0.29) is 30.5 Å². The molecule has 4 N–H and O–H groups in total. The summed E-state index contributed by atoms with van der Waals surface area (Å²) in [6.07, 6.45) is 0.0280. The van der Waals surface area contributed by atoms with E-state index in [1.807, 2.05) is 42.5 Å². The van der Waals surface area contributed by atoms with Gasteiger partial charge in [-0.25, -0.2) is 0 Å². The molecule has 0 aliphatic carbocycles. The normalized spacial score (nSPS) is 12.6. The van der Waals surface area contributed by atoms with Gasteiger partial charge in [-0.05, 0) is 29.2 Å². The molecular formula is C19H26IN3O. The molecule has 0 fully saturated rings. The third-order valence-electron chi connectivity index (χ3n) is 3.61. The molecule has 2 aromatic carbocycles. The van der Waals surface area contributed by atoms with E-state index >= 15 is 0 Å². The van der Waals surface area contributed by atoms with E-state index in [9.17, 15) is 5.11 Å². The quantitative estimate of drug-likeness (QED) is 0.365. The first-order valence-electron chi connectivity index (χ1n) is 7.93. The maximum atomic E-state index is 10.0. The van der Waals surface area contributed by atoms with Gasteiger partial charge in [-0.3, -0.25) is 4.99 Å². The predicted molar refractivity (Wildman–Crippen MR) is 112 cm³/mol. The van der Waals surface area contributed by atoms with Crippen LogP contribution in [0.15, 0.2) is 59.6 Å². The van der Waals surface area contributed by atoms with Crippen LogP contribution in [0.25, 0.3) is 0 Å². The van der Waals surface area contributed by atoms with Gasteiger partial charge in [-0.15, -0.1) is 24.0 Å². The van der Waals surface area contributed by atoms with Crippen molar-refractivity contribution < 1.29 is 5.11 Å². The van der Waals surface area contributed by atoms with E-state index in [0.29, 0.717) is 18.3 Å². The van der Waals surface area contributed by atoms with Crippen molar-refractivity contribution in [2.75, 3.05) is 11.9 Å². The molecule has 0 aromatic heterocycles. The highest BCUT2D eigenvalue weighted by Gasteiger charge is 2.05. The largest absolute Gasteiger partial charge is 0.391 e. The summed E-state index contributed by atoms with van der Waals surface area (Å²) in [6.45, 7) is 4.57. The highest BCUT2D eigenvalue weighted by molar-refractivity contribution is 14.0. The van der Waals surface area contributed by atoms with Crippen molar-refractivity contribution in [2.24, 2.45) is 10.7 Å². The number of hydrogen-bond donors (Lipinski definition) is 3. The van der Waals surface area contributed by atoms with Gasteiger partial charge < -0.3 is 16.2 Å². The zero-order chi connectivity index (χ0) is 16.7. The van der Waals surface area contributed by atoms with Gasteiger partial charge in [-0.1, -0.05) is 56.3 Å². The van der Waals surface area contributed by atoms with Gasteiger partial charge in [0, 0.05) is 12.1 Å². The van der Waals surface area contributed by atoms with Crippen molar-refractivity contribution in [3.8, 4) is 0 Å². The third kappa shape index (κ3) is 6.88. The monoisotopic (exact) mass is 439 g/mol. The molecule has 0 bridgehead atoms. The van der Waals surface area contributed by atoms with Crippen molar-refractivity contribution in [2.45, 2.75) is 32.3 Å². The summed E-state index contributed by atoms with van der Waals surface area (Å²) >= 11 is 0. The Morgan fingerprint density at radius 1 is 1.12 bits per heavy atom. The van der Waals surface area contributed by atoms with Crippen LogP contribution in [0.3, 0.4) is 0 Å². The molecule has 0 aliphatic rings. The summed E-state index contributed by atoms with van der Waals surface area (Å²) in [5, 5.41) is 13.1. The number of aliphatic hydroxyl groups is 1. The number of nitrogens with two attached hydrogens (primary N) is 1. The summed E-state index contributed by atoms with van der Waals surface area (Å²) in [5.74, 6) is 0.778. The molecule has 24 heavy (non-hydrogen) atoms. The zero-order valence-corrected chi connectivity index (χ0v) is 16.5. The SMILES string of the molecule is CC(C)c1cccc(NC(N)=NCC(O)Cc2ccccc2)c1.I. The Morgan fingerprint density at radius 2 is 1.83 bits per heavy atom. The molecule has 0 aliphatic heterocycles. The van der Waals surface area contributed by atoms with Gasteiger partial charge >= 0.3 is 0 Å². The lowest BCUT2D eigenvalue weighted by molar-refractivity contribution is 0.184. The zero-order valence-electron chi connectivity index (χ0n) is 14.1. The van der Waals surface area contributed by atoms with Crippen LogP contribution in [0.4, 0.5) is 5.69 Å². The second-order valence-corrected chi connectivity index (χ2v) is 5.97. The van der Waals surface area contributed by atoms with Gasteiger partial charge in [0.25, 0.3) is 0 Å².